The smallest absolute Gasteiger partial charge is 0.248 e. The summed E-state index contributed by atoms with van der Waals surface area (Å²) in [5.41, 5.74) is 2.22. The van der Waals surface area contributed by atoms with Gasteiger partial charge in [0.25, 0.3) is 0 Å². The second-order valence-electron chi connectivity index (χ2n) is 5.62. The third kappa shape index (κ3) is 4.47. The van der Waals surface area contributed by atoms with E-state index in [4.69, 9.17) is 11.6 Å². The molecule has 0 spiro atoms. The van der Waals surface area contributed by atoms with Crippen LogP contribution in [0, 0.1) is 0 Å². The first-order chi connectivity index (χ1) is 12.6. The molecular formula is C22H16ClNO2. The van der Waals surface area contributed by atoms with E-state index in [1.807, 2.05) is 36.4 Å². The summed E-state index contributed by atoms with van der Waals surface area (Å²) < 4.78 is 0. The summed E-state index contributed by atoms with van der Waals surface area (Å²) in [4.78, 5) is 25.0. The Labute approximate surface area is 156 Å². The number of carbonyl (C=O) groups excluding carboxylic acids is 2. The third-order valence-corrected chi connectivity index (χ3v) is 3.98. The van der Waals surface area contributed by atoms with Gasteiger partial charge in [0.05, 0.1) is 5.69 Å². The number of halogens is 1. The number of benzene rings is 3. The van der Waals surface area contributed by atoms with Crippen molar-refractivity contribution in [1.29, 1.82) is 0 Å². The van der Waals surface area contributed by atoms with E-state index < -0.39 is 0 Å². The van der Waals surface area contributed by atoms with E-state index in [0.717, 1.165) is 5.56 Å². The standard InChI is InChI=1S/C22H16ClNO2/c23-18-12-13-20(19(15-18)22(26)17-9-5-2-6-10-17)24-21(25)14-11-16-7-3-1-4-8-16/h1-15H,(H,24,25). The molecule has 0 unspecified atom stereocenters. The fourth-order valence-corrected chi connectivity index (χ4v) is 2.64. The predicted octanol–water partition coefficient (Wildman–Crippen LogP) is 5.22. The van der Waals surface area contributed by atoms with Gasteiger partial charge in [0.2, 0.25) is 5.91 Å². The summed E-state index contributed by atoms with van der Waals surface area (Å²) in [7, 11) is 0. The Morgan fingerprint density at radius 2 is 1.50 bits per heavy atom. The topological polar surface area (TPSA) is 46.2 Å². The lowest BCUT2D eigenvalue weighted by Crippen LogP contribution is -2.12. The largest absolute Gasteiger partial charge is 0.322 e. The average Bonchev–Trinajstić information content (AvgIpc) is 2.69. The molecule has 4 heteroatoms. The first-order valence-corrected chi connectivity index (χ1v) is 8.45. The van der Waals surface area contributed by atoms with Gasteiger partial charge in [0.1, 0.15) is 0 Å². The molecule has 0 heterocycles. The predicted molar refractivity (Wildman–Crippen MR) is 105 cm³/mol. The van der Waals surface area contributed by atoms with E-state index in [-0.39, 0.29) is 11.7 Å². The molecule has 0 bridgehead atoms. The van der Waals surface area contributed by atoms with E-state index in [1.165, 1.54) is 6.08 Å². The molecule has 3 aromatic carbocycles. The van der Waals surface area contributed by atoms with E-state index in [0.29, 0.717) is 21.8 Å². The maximum atomic E-state index is 12.8. The number of carbonyl (C=O) groups is 2. The third-order valence-electron chi connectivity index (χ3n) is 3.75. The van der Waals surface area contributed by atoms with Gasteiger partial charge in [-0.2, -0.15) is 0 Å². The van der Waals surface area contributed by atoms with E-state index in [1.54, 1.807) is 48.5 Å². The summed E-state index contributed by atoms with van der Waals surface area (Å²) in [6.07, 6.45) is 3.14. The summed E-state index contributed by atoms with van der Waals surface area (Å²) in [6, 6.07) is 23.2. The molecule has 0 atom stereocenters. The van der Waals surface area contributed by atoms with Crippen LogP contribution in [0.25, 0.3) is 6.08 Å². The first-order valence-electron chi connectivity index (χ1n) is 8.07. The van der Waals surface area contributed by atoms with Crippen LogP contribution in [0.3, 0.4) is 0 Å². The number of anilines is 1. The van der Waals surface area contributed by atoms with Crippen LogP contribution >= 0.6 is 11.6 Å². The Balaban J connectivity index is 1.83. The SMILES string of the molecule is O=C(C=Cc1ccccc1)Nc1ccc(Cl)cc1C(=O)c1ccccc1. The Kier molecular flexibility index (Phi) is 5.62. The molecule has 0 aliphatic carbocycles. The maximum Gasteiger partial charge on any atom is 0.248 e. The Morgan fingerprint density at radius 1 is 0.846 bits per heavy atom. The maximum absolute atomic E-state index is 12.8. The zero-order chi connectivity index (χ0) is 18.4. The molecule has 0 aliphatic rings. The van der Waals surface area contributed by atoms with Crippen LogP contribution in [-0.2, 0) is 4.79 Å². The highest BCUT2D eigenvalue weighted by Gasteiger charge is 2.15. The van der Waals surface area contributed by atoms with Crippen molar-refractivity contribution in [3.05, 3.63) is 107 Å². The molecule has 0 saturated carbocycles. The molecule has 3 rings (SSSR count). The summed E-state index contributed by atoms with van der Waals surface area (Å²) in [5, 5.41) is 3.19. The van der Waals surface area contributed by atoms with Crippen molar-refractivity contribution >= 4 is 35.1 Å². The molecule has 0 aliphatic heterocycles. The van der Waals surface area contributed by atoms with Gasteiger partial charge in [-0.25, -0.2) is 0 Å². The molecule has 0 fully saturated rings. The van der Waals surface area contributed by atoms with Crippen LogP contribution < -0.4 is 5.32 Å². The zero-order valence-electron chi connectivity index (χ0n) is 13.9. The lowest BCUT2D eigenvalue weighted by atomic mass is 10.0. The molecule has 26 heavy (non-hydrogen) atoms. The van der Waals surface area contributed by atoms with Gasteiger partial charge in [-0.15, -0.1) is 0 Å². The number of ketones is 1. The van der Waals surface area contributed by atoms with Gasteiger partial charge in [-0.3, -0.25) is 9.59 Å². The molecule has 0 aromatic heterocycles. The van der Waals surface area contributed by atoms with Crippen molar-refractivity contribution in [3.8, 4) is 0 Å². The van der Waals surface area contributed by atoms with Gasteiger partial charge in [0.15, 0.2) is 5.78 Å². The molecule has 0 saturated heterocycles. The zero-order valence-corrected chi connectivity index (χ0v) is 14.6. The molecule has 1 N–H and O–H groups in total. The highest BCUT2D eigenvalue weighted by molar-refractivity contribution is 6.31. The van der Waals surface area contributed by atoms with Crippen LogP contribution in [0.2, 0.25) is 5.02 Å². The fraction of sp³-hybridized carbons (Fsp3) is 0. The van der Waals surface area contributed by atoms with Crippen molar-refractivity contribution in [2.75, 3.05) is 5.32 Å². The molecule has 128 valence electrons. The summed E-state index contributed by atoms with van der Waals surface area (Å²) >= 11 is 6.05. The van der Waals surface area contributed by atoms with Crippen LogP contribution in [0.15, 0.2) is 84.9 Å². The van der Waals surface area contributed by atoms with Crippen molar-refractivity contribution in [3.63, 3.8) is 0 Å². The van der Waals surface area contributed by atoms with E-state index in [9.17, 15) is 9.59 Å². The minimum absolute atomic E-state index is 0.199. The van der Waals surface area contributed by atoms with Crippen LogP contribution in [-0.4, -0.2) is 11.7 Å². The number of amides is 1. The Bertz CT molecular complexity index is 950. The monoisotopic (exact) mass is 361 g/mol. The van der Waals surface area contributed by atoms with Gasteiger partial charge in [-0.1, -0.05) is 72.3 Å². The first kappa shape index (κ1) is 17.6. The van der Waals surface area contributed by atoms with Crippen LogP contribution in [0.4, 0.5) is 5.69 Å². The second-order valence-corrected chi connectivity index (χ2v) is 6.05. The van der Waals surface area contributed by atoms with Crippen molar-refractivity contribution in [1.82, 2.24) is 0 Å². The molecular weight excluding hydrogens is 346 g/mol. The van der Waals surface area contributed by atoms with Gasteiger partial charge in [0, 0.05) is 22.2 Å². The number of nitrogens with one attached hydrogen (secondary N) is 1. The summed E-state index contributed by atoms with van der Waals surface area (Å²) in [5.74, 6) is -0.520. The van der Waals surface area contributed by atoms with Crippen LogP contribution in [0.5, 0.6) is 0 Å². The highest BCUT2D eigenvalue weighted by atomic mass is 35.5. The Hall–Kier alpha value is -3.17. The normalized spacial score (nSPS) is 10.7. The average molecular weight is 362 g/mol. The quantitative estimate of drug-likeness (QED) is 0.500. The van der Waals surface area contributed by atoms with Crippen molar-refractivity contribution in [2.24, 2.45) is 0 Å². The fourth-order valence-electron chi connectivity index (χ4n) is 2.47. The molecule has 3 nitrogen and oxygen atoms in total. The van der Waals surface area contributed by atoms with Crippen molar-refractivity contribution in [2.45, 2.75) is 0 Å². The lowest BCUT2D eigenvalue weighted by molar-refractivity contribution is -0.111. The molecule has 3 aromatic rings. The lowest BCUT2D eigenvalue weighted by Gasteiger charge is -2.10. The van der Waals surface area contributed by atoms with Crippen molar-refractivity contribution < 1.29 is 9.59 Å². The van der Waals surface area contributed by atoms with Gasteiger partial charge in [-0.05, 0) is 29.8 Å². The molecule has 0 radical (unpaired) electrons. The number of rotatable bonds is 5. The van der Waals surface area contributed by atoms with Gasteiger partial charge >= 0.3 is 0 Å². The number of hydrogen-bond acceptors (Lipinski definition) is 2. The Morgan fingerprint density at radius 3 is 2.19 bits per heavy atom. The van der Waals surface area contributed by atoms with E-state index in [2.05, 4.69) is 5.32 Å². The summed E-state index contributed by atoms with van der Waals surface area (Å²) in [6.45, 7) is 0. The second kappa shape index (κ2) is 8.28. The van der Waals surface area contributed by atoms with Gasteiger partial charge < -0.3 is 5.32 Å². The minimum atomic E-state index is -0.321. The minimum Gasteiger partial charge on any atom is -0.322 e. The van der Waals surface area contributed by atoms with Crippen LogP contribution in [0.1, 0.15) is 21.5 Å². The number of hydrogen-bond donors (Lipinski definition) is 1. The molecule has 1 amide bonds. The highest BCUT2D eigenvalue weighted by Crippen LogP contribution is 2.24. The van der Waals surface area contributed by atoms with E-state index >= 15 is 0 Å².